The SMILES string of the molecule is CN(C)c1ccc([C@@H]2c3sc(=O)n(CC(=O)Nc4cccc5ccccc45)c3S[C@H]3C(=O)N(c4ccccc4)C(=O)[C@@H]23)cc1. The minimum absolute atomic E-state index is 0.213. The Labute approximate surface area is 261 Å². The number of benzene rings is 4. The predicted molar refractivity (Wildman–Crippen MR) is 176 cm³/mol. The maximum absolute atomic E-state index is 14.0. The average Bonchev–Trinajstić information content (AvgIpc) is 3.47. The second-order valence-corrected chi connectivity index (χ2v) is 13.2. The van der Waals surface area contributed by atoms with E-state index in [1.165, 1.54) is 21.2 Å². The van der Waals surface area contributed by atoms with E-state index >= 15 is 0 Å². The molecule has 0 aliphatic carbocycles. The van der Waals surface area contributed by atoms with Gasteiger partial charge in [0.2, 0.25) is 17.7 Å². The number of aromatic nitrogens is 1. The largest absolute Gasteiger partial charge is 0.378 e. The number of imide groups is 1. The van der Waals surface area contributed by atoms with Crippen molar-refractivity contribution in [3.63, 3.8) is 0 Å². The summed E-state index contributed by atoms with van der Waals surface area (Å²) in [5, 5.41) is 4.69. The first-order valence-electron chi connectivity index (χ1n) is 14.2. The van der Waals surface area contributed by atoms with Gasteiger partial charge in [-0.25, -0.2) is 4.90 Å². The lowest BCUT2D eigenvalue weighted by Crippen LogP contribution is -2.33. The molecule has 0 radical (unpaired) electrons. The van der Waals surface area contributed by atoms with Gasteiger partial charge in [0.05, 0.1) is 16.6 Å². The molecule has 8 nitrogen and oxygen atoms in total. The first-order chi connectivity index (χ1) is 21.3. The highest BCUT2D eigenvalue weighted by Crippen LogP contribution is 2.54. The average molecular weight is 621 g/mol. The van der Waals surface area contributed by atoms with E-state index < -0.39 is 17.1 Å². The molecule has 0 unspecified atom stereocenters. The smallest absolute Gasteiger partial charge is 0.308 e. The van der Waals surface area contributed by atoms with Crippen LogP contribution in [0.15, 0.2) is 107 Å². The van der Waals surface area contributed by atoms with Crippen LogP contribution < -0.4 is 20.0 Å². The minimum atomic E-state index is -0.741. The molecular weight excluding hydrogens is 593 g/mol. The highest BCUT2D eigenvalue weighted by Gasteiger charge is 2.56. The number of hydrogen-bond acceptors (Lipinski definition) is 7. The van der Waals surface area contributed by atoms with Crippen LogP contribution in [0, 0.1) is 5.92 Å². The molecule has 4 aromatic carbocycles. The molecule has 0 saturated carbocycles. The van der Waals surface area contributed by atoms with Crippen LogP contribution in [0.2, 0.25) is 0 Å². The van der Waals surface area contributed by atoms with E-state index in [2.05, 4.69) is 5.32 Å². The molecule has 1 aromatic heterocycles. The number of carbonyl (C=O) groups is 3. The molecule has 2 aliphatic heterocycles. The first-order valence-corrected chi connectivity index (χ1v) is 15.9. The molecule has 1 N–H and O–H groups in total. The number of nitrogens with zero attached hydrogens (tertiary/aromatic N) is 3. The molecule has 44 heavy (non-hydrogen) atoms. The molecule has 1 saturated heterocycles. The van der Waals surface area contributed by atoms with E-state index in [-0.39, 0.29) is 29.1 Å². The monoisotopic (exact) mass is 620 g/mol. The summed E-state index contributed by atoms with van der Waals surface area (Å²) in [6.07, 6.45) is 0. The molecule has 0 spiro atoms. The Bertz CT molecular complexity index is 1980. The third kappa shape index (κ3) is 4.71. The van der Waals surface area contributed by atoms with Crippen molar-refractivity contribution >= 4 is 68.7 Å². The van der Waals surface area contributed by atoms with Crippen LogP contribution in [0.1, 0.15) is 16.4 Å². The fourth-order valence-corrected chi connectivity index (χ4v) is 8.87. The third-order valence-corrected chi connectivity index (χ3v) is 10.8. The molecule has 7 rings (SSSR count). The van der Waals surface area contributed by atoms with Gasteiger partial charge in [0.15, 0.2) is 0 Å². The molecule has 3 atom stereocenters. The molecule has 3 heterocycles. The van der Waals surface area contributed by atoms with Crippen molar-refractivity contribution in [1.29, 1.82) is 0 Å². The Kier molecular flexibility index (Phi) is 7.10. The normalized spacial score (nSPS) is 19.1. The number of rotatable bonds is 6. The van der Waals surface area contributed by atoms with Crippen LogP contribution in [-0.2, 0) is 20.9 Å². The Hall–Kier alpha value is -4.67. The summed E-state index contributed by atoms with van der Waals surface area (Å²) >= 11 is 2.26. The fourth-order valence-electron chi connectivity index (χ4n) is 6.09. The van der Waals surface area contributed by atoms with E-state index in [0.29, 0.717) is 21.3 Å². The number of thioether (sulfide) groups is 1. The zero-order valence-corrected chi connectivity index (χ0v) is 25.6. The lowest BCUT2D eigenvalue weighted by atomic mass is 9.83. The summed E-state index contributed by atoms with van der Waals surface area (Å²) in [7, 11) is 3.90. The molecule has 2 aliphatic rings. The van der Waals surface area contributed by atoms with Crippen LogP contribution in [0.4, 0.5) is 17.1 Å². The molecule has 5 aromatic rings. The van der Waals surface area contributed by atoms with Gasteiger partial charge in [0.1, 0.15) is 11.8 Å². The number of amides is 3. The number of hydrogen-bond donors (Lipinski definition) is 1. The lowest BCUT2D eigenvalue weighted by molar-refractivity contribution is -0.122. The molecule has 220 valence electrons. The van der Waals surface area contributed by atoms with Crippen LogP contribution in [0.3, 0.4) is 0 Å². The fraction of sp³-hybridized carbons (Fsp3) is 0.176. The zero-order valence-electron chi connectivity index (χ0n) is 24.0. The standard InChI is InChI=1S/C34H28N4O4S2/c1-36(2)22-17-15-21(16-18-22)27-28-29(32(41)38(31(28)40)23-11-4-3-5-12-23)43-33-30(27)44-34(42)37(33)19-26(39)35-25-14-8-10-20-9-6-7-13-24(20)25/h3-18,27-29H,19H2,1-2H3,(H,35,39)/t27-,28-,29+/m0/s1. The van der Waals surface area contributed by atoms with Crippen molar-refractivity contribution in [1.82, 2.24) is 4.57 Å². The number of anilines is 3. The van der Waals surface area contributed by atoms with Gasteiger partial charge < -0.3 is 10.2 Å². The molecule has 3 amide bonds. The Balaban J connectivity index is 1.28. The van der Waals surface area contributed by atoms with Crippen LogP contribution in [0.5, 0.6) is 0 Å². The van der Waals surface area contributed by atoms with E-state index in [1.807, 2.05) is 91.8 Å². The van der Waals surface area contributed by atoms with Crippen molar-refractivity contribution in [3.8, 4) is 0 Å². The van der Waals surface area contributed by atoms with Crippen molar-refractivity contribution in [2.24, 2.45) is 5.92 Å². The number of fused-ring (bicyclic) bond motifs is 3. The van der Waals surface area contributed by atoms with Gasteiger partial charge in [-0.05, 0) is 41.3 Å². The first kappa shape index (κ1) is 28.1. The summed E-state index contributed by atoms with van der Waals surface area (Å²) in [4.78, 5) is 58.5. The lowest BCUT2D eigenvalue weighted by Gasteiger charge is -2.31. The highest BCUT2D eigenvalue weighted by molar-refractivity contribution is 8.00. The van der Waals surface area contributed by atoms with Crippen molar-refractivity contribution in [2.75, 3.05) is 29.2 Å². The van der Waals surface area contributed by atoms with Crippen molar-refractivity contribution < 1.29 is 14.4 Å². The molecular formula is C34H28N4O4S2. The van der Waals surface area contributed by atoms with Crippen LogP contribution in [0.25, 0.3) is 10.8 Å². The van der Waals surface area contributed by atoms with Gasteiger partial charge in [0, 0.05) is 41.7 Å². The number of carbonyl (C=O) groups excluding carboxylic acids is 3. The van der Waals surface area contributed by atoms with Gasteiger partial charge in [-0.2, -0.15) is 0 Å². The van der Waals surface area contributed by atoms with E-state index in [9.17, 15) is 19.2 Å². The Morgan fingerprint density at radius 3 is 2.30 bits per heavy atom. The zero-order chi connectivity index (χ0) is 30.5. The van der Waals surface area contributed by atoms with Crippen molar-refractivity contribution in [2.45, 2.75) is 22.7 Å². The van der Waals surface area contributed by atoms with E-state index in [1.54, 1.807) is 24.3 Å². The summed E-state index contributed by atoms with van der Waals surface area (Å²) < 4.78 is 1.45. The third-order valence-electron chi connectivity index (χ3n) is 8.20. The van der Waals surface area contributed by atoms with Gasteiger partial charge in [-0.15, -0.1) is 0 Å². The maximum Gasteiger partial charge on any atom is 0.308 e. The number of nitrogens with one attached hydrogen (secondary N) is 1. The van der Waals surface area contributed by atoms with Crippen molar-refractivity contribution in [3.05, 3.63) is 117 Å². The molecule has 1 fully saturated rings. The van der Waals surface area contributed by atoms with Gasteiger partial charge in [-0.1, -0.05) is 89.8 Å². The summed E-state index contributed by atoms with van der Waals surface area (Å²) in [5.74, 6) is -2.16. The Morgan fingerprint density at radius 1 is 0.841 bits per heavy atom. The summed E-state index contributed by atoms with van der Waals surface area (Å²) in [5.41, 5.74) is 3.02. The van der Waals surface area contributed by atoms with E-state index in [0.717, 1.165) is 33.4 Å². The second-order valence-electron chi connectivity index (χ2n) is 11.1. The van der Waals surface area contributed by atoms with Crippen LogP contribution >= 0.6 is 23.1 Å². The van der Waals surface area contributed by atoms with E-state index in [4.69, 9.17) is 0 Å². The van der Waals surface area contributed by atoms with Gasteiger partial charge in [-0.3, -0.25) is 23.7 Å². The topological polar surface area (TPSA) is 91.7 Å². The van der Waals surface area contributed by atoms with Gasteiger partial charge in [0.25, 0.3) is 0 Å². The maximum atomic E-state index is 14.0. The Morgan fingerprint density at radius 2 is 1.55 bits per heavy atom. The van der Waals surface area contributed by atoms with Gasteiger partial charge >= 0.3 is 4.87 Å². The minimum Gasteiger partial charge on any atom is -0.378 e. The quantitative estimate of drug-likeness (QED) is 0.250. The number of para-hydroxylation sites is 1. The number of thiazole rings is 1. The molecule has 0 bridgehead atoms. The van der Waals surface area contributed by atoms with Crippen LogP contribution in [-0.4, -0.2) is 41.6 Å². The predicted octanol–water partition coefficient (Wildman–Crippen LogP) is 5.56. The second kappa shape index (κ2) is 11.1. The highest BCUT2D eigenvalue weighted by atomic mass is 32.2. The summed E-state index contributed by atoms with van der Waals surface area (Å²) in [6, 6.07) is 30.2. The summed E-state index contributed by atoms with van der Waals surface area (Å²) in [6.45, 7) is -0.213. The molecule has 10 heteroatoms.